The zero-order valence-electron chi connectivity index (χ0n) is 19.0. The number of amides is 1. The number of rotatable bonds is 6. The smallest absolute Gasteiger partial charge is 0.279 e. The molecular weight excluding hydrogens is 490 g/mol. The van der Waals surface area contributed by atoms with Crippen LogP contribution in [0.1, 0.15) is 23.2 Å². The molecule has 2 aromatic carbocycles. The van der Waals surface area contributed by atoms with Gasteiger partial charge < -0.3 is 18.8 Å². The second-order valence-electron chi connectivity index (χ2n) is 8.21. The first-order valence-electron chi connectivity index (χ1n) is 11.0. The first kappa shape index (κ1) is 23.6. The SMILES string of the molecule is C#CCn1c(=NC(=O)c2ccc(S(=O)(=O)N(C)CC3CCCO3)cc2)sc2cc3c(cc21)OCO3. The van der Waals surface area contributed by atoms with Crippen LogP contribution in [0.3, 0.4) is 0 Å². The van der Waals surface area contributed by atoms with E-state index in [1.165, 1.54) is 47.0 Å². The van der Waals surface area contributed by atoms with Crippen molar-refractivity contribution in [3.63, 3.8) is 0 Å². The number of ether oxygens (including phenoxy) is 3. The van der Waals surface area contributed by atoms with Gasteiger partial charge in [0.1, 0.15) is 0 Å². The van der Waals surface area contributed by atoms with Crippen molar-refractivity contribution in [1.82, 2.24) is 8.87 Å². The van der Waals surface area contributed by atoms with Gasteiger partial charge in [-0.1, -0.05) is 17.3 Å². The zero-order chi connectivity index (χ0) is 24.6. The van der Waals surface area contributed by atoms with Crippen molar-refractivity contribution < 1.29 is 27.4 Å². The van der Waals surface area contributed by atoms with E-state index in [1.54, 1.807) is 4.57 Å². The summed E-state index contributed by atoms with van der Waals surface area (Å²) >= 11 is 1.31. The largest absolute Gasteiger partial charge is 0.454 e. The molecule has 0 aliphatic carbocycles. The van der Waals surface area contributed by atoms with Gasteiger partial charge in [0, 0.05) is 37.9 Å². The van der Waals surface area contributed by atoms with Gasteiger partial charge in [-0.15, -0.1) is 6.42 Å². The average Bonchev–Trinajstić information content (AvgIpc) is 3.59. The Balaban J connectivity index is 1.41. The number of hydrogen-bond acceptors (Lipinski definition) is 7. The van der Waals surface area contributed by atoms with Crippen molar-refractivity contribution in [2.45, 2.75) is 30.4 Å². The van der Waals surface area contributed by atoms with E-state index in [1.807, 2.05) is 12.1 Å². The van der Waals surface area contributed by atoms with Gasteiger partial charge in [0.2, 0.25) is 16.8 Å². The summed E-state index contributed by atoms with van der Waals surface area (Å²) in [5.74, 6) is 3.33. The van der Waals surface area contributed by atoms with Crippen LogP contribution in [0.5, 0.6) is 11.5 Å². The van der Waals surface area contributed by atoms with Crippen LogP contribution in [0.2, 0.25) is 0 Å². The predicted octanol–water partition coefficient (Wildman–Crippen LogP) is 2.61. The maximum atomic E-state index is 12.9. The Morgan fingerprint density at radius 3 is 2.69 bits per heavy atom. The Kier molecular flexibility index (Phi) is 6.37. The summed E-state index contributed by atoms with van der Waals surface area (Å²) in [4.78, 5) is 17.7. The van der Waals surface area contributed by atoms with E-state index in [4.69, 9.17) is 20.6 Å². The quantitative estimate of drug-likeness (QED) is 0.470. The average molecular weight is 514 g/mol. The summed E-state index contributed by atoms with van der Waals surface area (Å²) in [5, 5.41) is 0. The number of fused-ring (bicyclic) bond motifs is 2. The molecule has 3 aromatic rings. The zero-order valence-corrected chi connectivity index (χ0v) is 20.6. The lowest BCUT2D eigenvalue weighted by Gasteiger charge is -2.20. The molecule has 5 rings (SSSR count). The van der Waals surface area contributed by atoms with Crippen molar-refractivity contribution in [2.24, 2.45) is 4.99 Å². The minimum atomic E-state index is -3.70. The fourth-order valence-corrected chi connectivity index (χ4v) is 6.30. The molecule has 9 nitrogen and oxygen atoms in total. The van der Waals surface area contributed by atoms with Crippen molar-refractivity contribution >= 4 is 37.5 Å². The maximum Gasteiger partial charge on any atom is 0.279 e. The molecule has 1 aromatic heterocycles. The van der Waals surface area contributed by atoms with Crippen molar-refractivity contribution in [3.8, 4) is 23.8 Å². The lowest BCUT2D eigenvalue weighted by atomic mass is 10.2. The van der Waals surface area contributed by atoms with Crippen LogP contribution in [-0.2, 0) is 21.3 Å². The fourth-order valence-electron chi connectivity index (χ4n) is 4.06. The standard InChI is InChI=1S/C24H23N3O6S2/c1-3-10-27-19-12-20-21(33-15-32-20)13-22(19)34-24(27)25-23(28)16-6-8-18(9-7-16)35(29,30)26(2)14-17-5-4-11-31-17/h1,6-9,12-13,17H,4-5,10-11,14-15H2,2H3. The Bertz CT molecular complexity index is 1490. The van der Waals surface area contributed by atoms with Crippen molar-refractivity contribution in [3.05, 3.63) is 46.8 Å². The van der Waals surface area contributed by atoms with Crippen LogP contribution in [0.4, 0.5) is 0 Å². The molecule has 0 spiro atoms. The third kappa shape index (κ3) is 4.58. The van der Waals surface area contributed by atoms with Crippen LogP contribution >= 0.6 is 11.3 Å². The van der Waals surface area contributed by atoms with Gasteiger partial charge in [-0.2, -0.15) is 9.30 Å². The van der Waals surface area contributed by atoms with E-state index in [2.05, 4.69) is 10.9 Å². The molecule has 2 aliphatic rings. The van der Waals surface area contributed by atoms with Gasteiger partial charge in [0.05, 0.1) is 27.8 Å². The van der Waals surface area contributed by atoms with E-state index < -0.39 is 15.9 Å². The number of thiazole rings is 1. The molecule has 35 heavy (non-hydrogen) atoms. The van der Waals surface area contributed by atoms with Crippen molar-refractivity contribution in [2.75, 3.05) is 27.0 Å². The van der Waals surface area contributed by atoms with Gasteiger partial charge in [0.25, 0.3) is 5.91 Å². The van der Waals surface area contributed by atoms with Crippen LogP contribution in [0, 0.1) is 12.3 Å². The normalized spacial score (nSPS) is 17.9. The van der Waals surface area contributed by atoms with Gasteiger partial charge >= 0.3 is 0 Å². The lowest BCUT2D eigenvalue weighted by molar-refractivity contribution is 0.0979. The van der Waals surface area contributed by atoms with Crippen LogP contribution in [0.15, 0.2) is 46.3 Å². The Morgan fingerprint density at radius 2 is 2.00 bits per heavy atom. The third-order valence-electron chi connectivity index (χ3n) is 5.92. The third-order valence-corrected chi connectivity index (χ3v) is 8.80. The first-order chi connectivity index (χ1) is 16.9. The number of aromatic nitrogens is 1. The topological polar surface area (TPSA) is 99.4 Å². The summed E-state index contributed by atoms with van der Waals surface area (Å²) in [6, 6.07) is 9.43. The second-order valence-corrected chi connectivity index (χ2v) is 11.3. The maximum absolute atomic E-state index is 12.9. The number of terminal acetylenes is 1. The molecule has 1 saturated heterocycles. The molecule has 3 heterocycles. The first-order valence-corrected chi connectivity index (χ1v) is 13.3. The molecule has 1 unspecified atom stereocenters. The summed E-state index contributed by atoms with van der Waals surface area (Å²) in [6.45, 7) is 1.33. The number of hydrogen-bond donors (Lipinski definition) is 0. The summed E-state index contributed by atoms with van der Waals surface area (Å²) in [5.41, 5.74) is 1.06. The lowest BCUT2D eigenvalue weighted by Crippen LogP contribution is -2.34. The Morgan fingerprint density at radius 1 is 1.26 bits per heavy atom. The Hall–Kier alpha value is -3.17. The molecule has 0 bridgehead atoms. The number of carbonyl (C=O) groups excluding carboxylic acids is 1. The van der Waals surface area contributed by atoms with Gasteiger partial charge in [-0.25, -0.2) is 8.42 Å². The molecule has 0 radical (unpaired) electrons. The Labute approximate surface area is 206 Å². The van der Waals surface area contributed by atoms with Gasteiger partial charge in [-0.05, 0) is 37.1 Å². The van der Waals surface area contributed by atoms with Crippen LogP contribution < -0.4 is 14.3 Å². The molecule has 182 valence electrons. The molecule has 0 N–H and O–H groups in total. The van der Waals surface area contributed by atoms with E-state index in [-0.39, 0.29) is 29.9 Å². The number of sulfonamides is 1. The highest BCUT2D eigenvalue weighted by molar-refractivity contribution is 7.89. The van der Waals surface area contributed by atoms with E-state index in [9.17, 15) is 13.2 Å². The summed E-state index contributed by atoms with van der Waals surface area (Å²) in [6.07, 6.45) is 7.23. The van der Waals surface area contributed by atoms with Crippen molar-refractivity contribution in [1.29, 1.82) is 0 Å². The van der Waals surface area contributed by atoms with Gasteiger partial charge in [-0.3, -0.25) is 4.79 Å². The van der Waals surface area contributed by atoms with E-state index in [0.29, 0.717) is 29.5 Å². The van der Waals surface area contributed by atoms with E-state index in [0.717, 1.165) is 23.1 Å². The second kappa shape index (κ2) is 9.47. The number of benzene rings is 2. The molecule has 1 amide bonds. The molecule has 1 fully saturated rings. The molecule has 11 heteroatoms. The highest BCUT2D eigenvalue weighted by atomic mass is 32.2. The summed E-state index contributed by atoms with van der Waals surface area (Å²) < 4.78 is 46.2. The van der Waals surface area contributed by atoms with E-state index >= 15 is 0 Å². The highest BCUT2D eigenvalue weighted by Crippen LogP contribution is 2.37. The monoisotopic (exact) mass is 513 g/mol. The van der Waals surface area contributed by atoms with Crippen LogP contribution in [0.25, 0.3) is 10.2 Å². The predicted molar refractivity (Wildman–Crippen MR) is 130 cm³/mol. The van der Waals surface area contributed by atoms with Crippen LogP contribution in [-0.4, -0.2) is 56.3 Å². The minimum Gasteiger partial charge on any atom is -0.454 e. The minimum absolute atomic E-state index is 0.0928. The fraction of sp³-hybridized carbons (Fsp3) is 0.333. The number of likely N-dealkylation sites (N-methyl/N-ethyl adjacent to an activating group) is 1. The molecule has 2 aliphatic heterocycles. The molecule has 0 saturated carbocycles. The number of carbonyl (C=O) groups is 1. The molecule has 1 atom stereocenters. The van der Waals surface area contributed by atoms with Gasteiger partial charge in [0.15, 0.2) is 16.3 Å². The summed E-state index contributed by atoms with van der Waals surface area (Å²) in [7, 11) is -2.17. The molecular formula is C24H23N3O6S2. The number of nitrogens with zero attached hydrogens (tertiary/aromatic N) is 3. The highest BCUT2D eigenvalue weighted by Gasteiger charge is 2.26.